The highest BCUT2D eigenvalue weighted by molar-refractivity contribution is 7.89. The summed E-state index contributed by atoms with van der Waals surface area (Å²) in [5.41, 5.74) is 6.43. The highest BCUT2D eigenvalue weighted by atomic mass is 35.5. The number of sulfonamides is 1. The number of aryl methyl sites for hydroxylation is 2. The molecular weight excluding hydrogens is 366 g/mol. The van der Waals surface area contributed by atoms with Gasteiger partial charge in [0.15, 0.2) is 0 Å². The van der Waals surface area contributed by atoms with Crippen LogP contribution in [0.1, 0.15) is 11.4 Å². The smallest absolute Gasteiger partial charge is 0.253 e. The molecule has 0 spiro atoms. The van der Waals surface area contributed by atoms with E-state index in [4.69, 9.17) is 11.6 Å². The van der Waals surface area contributed by atoms with E-state index in [1.165, 1.54) is 31.3 Å². The molecule has 10 heteroatoms. The Bertz CT molecular complexity index is 851. The number of nitrogens with one attached hydrogen (secondary N) is 2. The number of likely N-dealkylation sites (N-methyl/N-ethyl adjacent to an activating group) is 1. The first-order valence-electron chi connectivity index (χ1n) is 7.27. The van der Waals surface area contributed by atoms with E-state index < -0.39 is 15.9 Å². The molecule has 0 aliphatic heterocycles. The Labute approximate surface area is 151 Å². The van der Waals surface area contributed by atoms with Gasteiger partial charge in [0, 0.05) is 23.5 Å². The highest BCUT2D eigenvalue weighted by Crippen LogP contribution is 2.17. The number of rotatable bonds is 6. The monoisotopic (exact) mass is 383 g/mol. The predicted octanol–water partition coefficient (Wildman–Crippen LogP) is 1.51. The number of amides is 1. The van der Waals surface area contributed by atoms with E-state index >= 15 is 0 Å². The molecule has 0 saturated carbocycles. The van der Waals surface area contributed by atoms with Crippen LogP contribution in [0, 0.1) is 13.8 Å². The number of carbonyl (C=O) groups is 1. The van der Waals surface area contributed by atoms with Crippen LogP contribution in [0.4, 0.5) is 5.95 Å². The zero-order valence-corrected chi connectivity index (χ0v) is 15.5. The minimum Gasteiger partial charge on any atom is -0.272 e. The summed E-state index contributed by atoms with van der Waals surface area (Å²) < 4.78 is 25.7. The molecule has 0 aliphatic rings. The van der Waals surface area contributed by atoms with Gasteiger partial charge in [0.2, 0.25) is 16.0 Å². The average Bonchev–Trinajstić information content (AvgIpc) is 2.52. The van der Waals surface area contributed by atoms with Gasteiger partial charge in [0.25, 0.3) is 5.91 Å². The van der Waals surface area contributed by atoms with Gasteiger partial charge in [-0.15, -0.1) is 0 Å². The Morgan fingerprint density at radius 2 is 1.72 bits per heavy atom. The molecule has 0 bridgehead atoms. The van der Waals surface area contributed by atoms with Gasteiger partial charge in [-0.3, -0.25) is 15.6 Å². The Kier molecular flexibility index (Phi) is 5.93. The quantitative estimate of drug-likeness (QED) is 0.733. The molecule has 0 atom stereocenters. The van der Waals surface area contributed by atoms with E-state index in [2.05, 4.69) is 20.8 Å². The summed E-state index contributed by atoms with van der Waals surface area (Å²) in [4.78, 5) is 20.2. The minimum absolute atomic E-state index is 0.0535. The summed E-state index contributed by atoms with van der Waals surface area (Å²) in [6.45, 7) is 3.23. The maximum Gasteiger partial charge on any atom is 0.253 e. The molecular formula is C15H18ClN5O3S. The van der Waals surface area contributed by atoms with Crippen LogP contribution in [0.25, 0.3) is 0 Å². The van der Waals surface area contributed by atoms with E-state index in [-0.39, 0.29) is 17.4 Å². The molecule has 1 amide bonds. The number of carbonyl (C=O) groups excluding carboxylic acids is 1. The molecule has 1 aromatic heterocycles. The van der Waals surface area contributed by atoms with Gasteiger partial charge in [-0.05, 0) is 44.2 Å². The van der Waals surface area contributed by atoms with Crippen LogP contribution >= 0.6 is 11.6 Å². The van der Waals surface area contributed by atoms with Gasteiger partial charge in [-0.25, -0.2) is 18.4 Å². The lowest BCUT2D eigenvalue weighted by Crippen LogP contribution is -2.40. The molecule has 25 heavy (non-hydrogen) atoms. The number of hydrazine groups is 1. The topological polar surface area (TPSA) is 104 Å². The maximum absolute atomic E-state index is 12.4. The molecule has 8 nitrogen and oxygen atoms in total. The van der Waals surface area contributed by atoms with Crippen LogP contribution in [-0.4, -0.2) is 42.2 Å². The molecule has 0 fully saturated rings. The number of hydrogen-bond acceptors (Lipinski definition) is 6. The van der Waals surface area contributed by atoms with Crippen LogP contribution in [0.2, 0.25) is 5.02 Å². The van der Waals surface area contributed by atoms with E-state index in [1.807, 2.05) is 0 Å². The molecule has 0 saturated heterocycles. The van der Waals surface area contributed by atoms with E-state index in [1.54, 1.807) is 19.9 Å². The van der Waals surface area contributed by atoms with Crippen molar-refractivity contribution in [3.63, 3.8) is 0 Å². The third-order valence-electron chi connectivity index (χ3n) is 3.18. The number of nitrogens with zero attached hydrogens (tertiary/aromatic N) is 3. The first-order valence-corrected chi connectivity index (χ1v) is 9.09. The zero-order chi connectivity index (χ0) is 18.6. The van der Waals surface area contributed by atoms with Crippen molar-refractivity contribution in [1.82, 2.24) is 19.7 Å². The van der Waals surface area contributed by atoms with Gasteiger partial charge >= 0.3 is 0 Å². The molecule has 0 radical (unpaired) electrons. The summed E-state index contributed by atoms with van der Waals surface area (Å²) in [6, 6.07) is 7.50. The van der Waals surface area contributed by atoms with Crippen molar-refractivity contribution in [2.75, 3.05) is 19.0 Å². The van der Waals surface area contributed by atoms with E-state index in [9.17, 15) is 13.2 Å². The number of aromatic nitrogens is 2. The summed E-state index contributed by atoms with van der Waals surface area (Å²) in [5.74, 6) is -0.322. The first-order chi connectivity index (χ1) is 11.7. The molecule has 1 heterocycles. The predicted molar refractivity (Wildman–Crippen MR) is 94.5 cm³/mol. The lowest BCUT2D eigenvalue weighted by Gasteiger charge is -2.17. The van der Waals surface area contributed by atoms with Crippen molar-refractivity contribution in [2.24, 2.45) is 0 Å². The molecule has 2 rings (SSSR count). The van der Waals surface area contributed by atoms with Crippen molar-refractivity contribution < 1.29 is 13.2 Å². The van der Waals surface area contributed by atoms with Crippen LogP contribution in [0.15, 0.2) is 35.2 Å². The number of anilines is 1. The van der Waals surface area contributed by atoms with E-state index in [0.29, 0.717) is 5.02 Å². The van der Waals surface area contributed by atoms with Crippen molar-refractivity contribution in [1.29, 1.82) is 0 Å². The second-order valence-electron chi connectivity index (χ2n) is 5.36. The van der Waals surface area contributed by atoms with Crippen molar-refractivity contribution in [2.45, 2.75) is 18.7 Å². The summed E-state index contributed by atoms with van der Waals surface area (Å²) in [5, 5.41) is 0.428. The Morgan fingerprint density at radius 1 is 1.16 bits per heavy atom. The number of halogens is 1. The van der Waals surface area contributed by atoms with Gasteiger partial charge in [0.05, 0.1) is 11.4 Å². The Hall–Kier alpha value is -2.23. The molecule has 134 valence electrons. The van der Waals surface area contributed by atoms with Crippen LogP contribution in [-0.2, 0) is 14.8 Å². The standard InChI is InChI=1S/C15H18ClN5O3S/c1-10-8-11(2)18-15(17-10)20-19-14(22)9-21(3)25(23,24)13-6-4-12(16)5-7-13/h4-8H,9H2,1-3H3,(H,19,22)(H,17,18,20). The van der Waals surface area contributed by atoms with E-state index in [0.717, 1.165) is 15.7 Å². The van der Waals surface area contributed by atoms with Crippen LogP contribution in [0.5, 0.6) is 0 Å². The van der Waals surface area contributed by atoms with Gasteiger partial charge in [0.1, 0.15) is 0 Å². The van der Waals surface area contributed by atoms with Crippen molar-refractivity contribution >= 4 is 33.5 Å². The molecule has 0 aliphatic carbocycles. The summed E-state index contributed by atoms with van der Waals surface area (Å²) in [7, 11) is -2.48. The van der Waals surface area contributed by atoms with Crippen molar-refractivity contribution in [3.05, 3.63) is 46.7 Å². The average molecular weight is 384 g/mol. The highest BCUT2D eigenvalue weighted by Gasteiger charge is 2.22. The summed E-state index contributed by atoms with van der Waals surface area (Å²) in [6.07, 6.45) is 0. The number of hydrogen-bond donors (Lipinski definition) is 2. The fourth-order valence-corrected chi connectivity index (χ4v) is 3.27. The second kappa shape index (κ2) is 7.77. The second-order valence-corrected chi connectivity index (χ2v) is 7.84. The van der Waals surface area contributed by atoms with Gasteiger partial charge in [-0.2, -0.15) is 4.31 Å². The number of benzene rings is 1. The third kappa shape index (κ3) is 5.12. The first kappa shape index (κ1) is 19.1. The largest absolute Gasteiger partial charge is 0.272 e. The zero-order valence-electron chi connectivity index (χ0n) is 13.9. The SMILES string of the molecule is Cc1cc(C)nc(NNC(=O)CN(C)S(=O)(=O)c2ccc(Cl)cc2)n1. The lowest BCUT2D eigenvalue weighted by molar-refractivity contribution is -0.120. The van der Waals surface area contributed by atoms with Crippen LogP contribution in [0.3, 0.4) is 0 Å². The minimum atomic E-state index is -3.79. The lowest BCUT2D eigenvalue weighted by atomic mass is 10.4. The fraction of sp³-hybridized carbons (Fsp3) is 0.267. The summed E-state index contributed by atoms with van der Waals surface area (Å²) >= 11 is 5.75. The maximum atomic E-state index is 12.4. The Balaban J connectivity index is 1.98. The third-order valence-corrected chi connectivity index (χ3v) is 5.25. The molecule has 2 N–H and O–H groups in total. The Morgan fingerprint density at radius 3 is 2.28 bits per heavy atom. The normalized spacial score (nSPS) is 11.4. The fourth-order valence-electron chi connectivity index (χ4n) is 2.02. The molecule has 1 aromatic carbocycles. The molecule has 0 unspecified atom stereocenters. The molecule has 2 aromatic rings. The van der Waals surface area contributed by atoms with Gasteiger partial charge < -0.3 is 0 Å². The van der Waals surface area contributed by atoms with Crippen molar-refractivity contribution in [3.8, 4) is 0 Å². The van der Waals surface area contributed by atoms with Gasteiger partial charge in [-0.1, -0.05) is 11.6 Å². The van der Waals surface area contributed by atoms with Crippen LogP contribution < -0.4 is 10.9 Å².